The van der Waals surface area contributed by atoms with Gasteiger partial charge in [-0.3, -0.25) is 0 Å². The predicted molar refractivity (Wildman–Crippen MR) is 319 cm³/mol. The first-order valence-corrected chi connectivity index (χ1v) is 26.1. The van der Waals surface area contributed by atoms with Crippen molar-refractivity contribution in [1.29, 1.82) is 0 Å². The van der Waals surface area contributed by atoms with Crippen LogP contribution in [0.2, 0.25) is 0 Å². The Hall–Kier alpha value is -8.72. The third-order valence-electron chi connectivity index (χ3n) is 14.9. The maximum atomic E-state index is 6.42. The number of benzene rings is 9. The molecular formula is C73H62O2. The Morgan fingerprint density at radius 2 is 1.08 bits per heavy atom. The zero-order valence-corrected chi connectivity index (χ0v) is 43.8. The van der Waals surface area contributed by atoms with E-state index in [0.29, 0.717) is 0 Å². The predicted octanol–water partition coefficient (Wildman–Crippen LogP) is 20.1. The lowest BCUT2D eigenvalue weighted by Gasteiger charge is -2.34. The molecule has 75 heavy (non-hydrogen) atoms. The second kappa shape index (κ2) is 20.3. The van der Waals surface area contributed by atoms with E-state index in [1.807, 2.05) is 18.2 Å². The summed E-state index contributed by atoms with van der Waals surface area (Å²) in [5.41, 5.74) is 22.4. The van der Waals surface area contributed by atoms with Crippen LogP contribution >= 0.6 is 0 Å². The summed E-state index contributed by atoms with van der Waals surface area (Å²) in [5, 5.41) is 4.71. The molecule has 13 rings (SSSR count). The number of furan rings is 2. The molecule has 2 nitrogen and oxygen atoms in total. The van der Waals surface area contributed by atoms with Gasteiger partial charge in [0.05, 0.1) is 5.41 Å². The van der Waals surface area contributed by atoms with Crippen molar-refractivity contribution in [3.63, 3.8) is 0 Å². The molecule has 0 bridgehead atoms. The molecule has 0 spiro atoms. The summed E-state index contributed by atoms with van der Waals surface area (Å²) in [6, 6.07) is 73.7. The molecule has 2 aliphatic rings. The molecular weight excluding hydrogens is 909 g/mol. The van der Waals surface area contributed by atoms with Crippen LogP contribution in [0.25, 0.3) is 71.7 Å². The van der Waals surface area contributed by atoms with Crippen molar-refractivity contribution in [3.8, 4) is 22.3 Å². The Bertz CT molecular complexity index is 4010. The lowest BCUT2D eigenvalue weighted by molar-refractivity contribution is 0.663. The van der Waals surface area contributed by atoms with Crippen molar-refractivity contribution in [2.75, 3.05) is 0 Å². The van der Waals surface area contributed by atoms with Gasteiger partial charge in [0.2, 0.25) is 0 Å². The molecule has 0 N–H and O–H groups in total. The summed E-state index contributed by atoms with van der Waals surface area (Å²) in [4.78, 5) is 0. The van der Waals surface area contributed by atoms with E-state index in [9.17, 15) is 0 Å². The van der Waals surface area contributed by atoms with Crippen LogP contribution in [-0.2, 0) is 17.3 Å². The second-order valence-electron chi connectivity index (χ2n) is 20.9. The molecule has 11 aromatic rings. The molecule has 0 saturated heterocycles. The van der Waals surface area contributed by atoms with Gasteiger partial charge in [0.1, 0.15) is 22.3 Å². The average Bonchev–Trinajstić information content (AvgIpc) is 4.17. The van der Waals surface area contributed by atoms with Crippen molar-refractivity contribution in [2.45, 2.75) is 58.8 Å². The third-order valence-corrected chi connectivity index (χ3v) is 14.9. The summed E-state index contributed by atoms with van der Waals surface area (Å²) >= 11 is 0. The minimum atomic E-state index is -0.386. The first kappa shape index (κ1) is 48.5. The summed E-state index contributed by atoms with van der Waals surface area (Å²) in [6.07, 6.45) is 13.8. The second-order valence-corrected chi connectivity index (χ2v) is 20.9. The zero-order chi connectivity index (χ0) is 51.7. The zero-order valence-electron chi connectivity index (χ0n) is 43.8. The highest BCUT2D eigenvalue weighted by atomic mass is 16.3. The van der Waals surface area contributed by atoms with E-state index in [4.69, 9.17) is 8.83 Å². The van der Waals surface area contributed by atoms with Crippen molar-refractivity contribution >= 4 is 49.5 Å². The largest absolute Gasteiger partial charge is 0.456 e. The Morgan fingerprint density at radius 3 is 1.77 bits per heavy atom. The lowest BCUT2D eigenvalue weighted by Crippen LogP contribution is -2.28. The number of aryl methyl sites for hydroxylation is 1. The summed E-state index contributed by atoms with van der Waals surface area (Å²) in [5.74, 6) is 0. The molecule has 2 heteroatoms. The van der Waals surface area contributed by atoms with E-state index < -0.39 is 0 Å². The van der Waals surface area contributed by atoms with E-state index in [0.717, 1.165) is 50.7 Å². The van der Waals surface area contributed by atoms with Crippen LogP contribution in [0.1, 0.15) is 79.1 Å². The molecule has 2 aromatic heterocycles. The van der Waals surface area contributed by atoms with E-state index in [1.165, 1.54) is 83.1 Å². The van der Waals surface area contributed by atoms with Gasteiger partial charge < -0.3 is 8.83 Å². The molecule has 2 heterocycles. The Kier molecular flexibility index (Phi) is 13.1. The number of para-hydroxylation sites is 4. The average molecular weight is 971 g/mol. The molecule has 0 saturated carbocycles. The van der Waals surface area contributed by atoms with Gasteiger partial charge in [0, 0.05) is 32.5 Å². The number of hydrogen-bond acceptors (Lipinski definition) is 2. The molecule has 0 atom stereocenters. The highest BCUT2D eigenvalue weighted by Crippen LogP contribution is 2.57. The summed E-state index contributed by atoms with van der Waals surface area (Å²) < 4.78 is 12.4. The van der Waals surface area contributed by atoms with E-state index in [-0.39, 0.29) is 10.8 Å². The van der Waals surface area contributed by atoms with E-state index >= 15 is 0 Å². The van der Waals surface area contributed by atoms with Crippen LogP contribution in [0.15, 0.2) is 269 Å². The SMILES string of the molecule is C=C1/C=C\C(C)=C/C(C)(C)c2ccccc21.CC(C)=C/C=C\Cc1cccc2c1oc1ccccc12.Cc1ccc2c(c1)C(c1ccccc1)(c1ccccc1)c1ccc(-c3cccc4c3oc3ccccc34)cc1-2. The van der Waals surface area contributed by atoms with Gasteiger partial charge >= 0.3 is 0 Å². The fraction of sp³-hybridized carbons (Fsp3) is 0.123. The molecule has 0 amide bonds. The number of hydrogen-bond donors (Lipinski definition) is 0. The summed E-state index contributed by atoms with van der Waals surface area (Å²) in [6.45, 7) is 17.2. The third kappa shape index (κ3) is 9.12. The van der Waals surface area contributed by atoms with Crippen molar-refractivity contribution in [3.05, 3.63) is 305 Å². The van der Waals surface area contributed by atoms with Gasteiger partial charge in [-0.05, 0) is 114 Å². The molecule has 0 unspecified atom stereocenters. The maximum absolute atomic E-state index is 6.42. The quantitative estimate of drug-likeness (QED) is 0.155. The lowest BCUT2D eigenvalue weighted by atomic mass is 9.67. The fourth-order valence-electron chi connectivity index (χ4n) is 11.5. The molecule has 0 fully saturated rings. The van der Waals surface area contributed by atoms with E-state index in [1.54, 1.807) is 0 Å². The van der Waals surface area contributed by atoms with Crippen LogP contribution in [-0.4, -0.2) is 0 Å². The Labute approximate surface area is 442 Å². The topological polar surface area (TPSA) is 26.3 Å². The van der Waals surface area contributed by atoms with Crippen molar-refractivity contribution in [1.82, 2.24) is 0 Å². The van der Waals surface area contributed by atoms with Gasteiger partial charge in [-0.2, -0.15) is 0 Å². The highest BCUT2D eigenvalue weighted by molar-refractivity contribution is 6.10. The van der Waals surface area contributed by atoms with Gasteiger partial charge in [0.15, 0.2) is 0 Å². The molecule has 2 aliphatic carbocycles. The van der Waals surface area contributed by atoms with Crippen LogP contribution in [0.3, 0.4) is 0 Å². The minimum absolute atomic E-state index is 0.0639. The first-order chi connectivity index (χ1) is 36.5. The number of allylic oxidation sites excluding steroid dienone is 9. The van der Waals surface area contributed by atoms with Crippen LogP contribution in [0.5, 0.6) is 0 Å². The van der Waals surface area contributed by atoms with Gasteiger partial charge in [-0.1, -0.05) is 262 Å². The van der Waals surface area contributed by atoms with Crippen molar-refractivity contribution < 1.29 is 8.83 Å². The van der Waals surface area contributed by atoms with Crippen LogP contribution < -0.4 is 0 Å². The summed E-state index contributed by atoms with van der Waals surface area (Å²) in [7, 11) is 0. The van der Waals surface area contributed by atoms with Gasteiger partial charge in [0.25, 0.3) is 0 Å². The Morgan fingerprint density at radius 1 is 0.493 bits per heavy atom. The standard InChI is InChI=1S/C38H26O.C19H18O.C16H18/c1-25-19-21-30-33-24-26(29-16-10-17-32-31-15-8-9-18-36(31)39-37(29)32)20-22-34(33)38(35(30)23-25,27-11-4-2-5-12-27)28-13-6-3-7-14-28;1-14(2)8-3-4-9-15-10-7-12-17-16-11-5-6-13-18(16)20-19(15)17;1-12-9-10-13(2)14-7-5-6-8-15(14)16(3,4)11-12/h2-24H,1H3;3-8,10-13H,9H2,1-2H3;5-11H,2H2,1,3-4H3/b;4-3-;10-9-,12-11-. The minimum Gasteiger partial charge on any atom is -0.456 e. The smallest absolute Gasteiger partial charge is 0.143 e. The molecule has 9 aromatic carbocycles. The van der Waals surface area contributed by atoms with Gasteiger partial charge in [-0.25, -0.2) is 0 Å². The number of rotatable bonds is 6. The highest BCUT2D eigenvalue weighted by Gasteiger charge is 2.46. The fourth-order valence-corrected chi connectivity index (χ4v) is 11.5. The van der Waals surface area contributed by atoms with Gasteiger partial charge in [-0.15, -0.1) is 0 Å². The number of fused-ring (bicyclic) bond motifs is 10. The Balaban J connectivity index is 0.000000139. The monoisotopic (exact) mass is 970 g/mol. The van der Waals surface area contributed by atoms with E-state index in [2.05, 4.69) is 273 Å². The molecule has 366 valence electrons. The van der Waals surface area contributed by atoms with Crippen LogP contribution in [0.4, 0.5) is 0 Å². The molecule has 0 radical (unpaired) electrons. The normalized spacial score (nSPS) is 15.1. The van der Waals surface area contributed by atoms with Crippen LogP contribution in [0, 0.1) is 6.92 Å². The first-order valence-electron chi connectivity index (χ1n) is 26.1. The maximum Gasteiger partial charge on any atom is 0.143 e. The van der Waals surface area contributed by atoms with Crippen molar-refractivity contribution in [2.24, 2.45) is 0 Å². The molecule has 0 aliphatic heterocycles.